The summed E-state index contributed by atoms with van der Waals surface area (Å²) in [5.41, 5.74) is -0.161. The molecule has 24 heteroatoms. The zero-order valence-electron chi connectivity index (χ0n) is 39.0. The first-order valence-corrected chi connectivity index (χ1v) is 26.7. The number of aromatic nitrogens is 2. The summed E-state index contributed by atoms with van der Waals surface area (Å²) >= 11 is 6.50. The molecule has 0 saturated carbocycles. The van der Waals surface area contributed by atoms with Crippen molar-refractivity contribution in [2.75, 3.05) is 64.5 Å². The minimum atomic E-state index is -4.68. The van der Waals surface area contributed by atoms with E-state index < -0.39 is 36.2 Å². The summed E-state index contributed by atoms with van der Waals surface area (Å²) in [7, 11) is 0. The number of benzene rings is 2. The molecule has 4 amide bonds. The number of alkyl halides is 3. The van der Waals surface area contributed by atoms with Gasteiger partial charge in [0.15, 0.2) is 11.4 Å². The number of halogens is 6. The number of nitrogens with zero attached hydrogens (tertiary/aromatic N) is 3. The second kappa shape index (κ2) is 30.1. The minimum Gasteiger partial charge on any atom is -0.507 e. The number of hydrogen-bond acceptors (Lipinski definition) is 14. The van der Waals surface area contributed by atoms with E-state index in [2.05, 4.69) is 99.0 Å². The number of aliphatic hydroxyl groups excluding tert-OH is 2. The van der Waals surface area contributed by atoms with Crippen LogP contribution in [-0.2, 0) is 46.0 Å². The Labute approximate surface area is 451 Å². The van der Waals surface area contributed by atoms with Crippen molar-refractivity contribution in [1.82, 2.24) is 30.8 Å². The van der Waals surface area contributed by atoms with Crippen LogP contribution in [0.15, 0.2) is 42.7 Å². The number of amides is 4. The minimum absolute atomic E-state index is 0.00459. The van der Waals surface area contributed by atoms with Crippen molar-refractivity contribution in [3.05, 3.63) is 64.7 Å². The molecule has 5 rings (SSSR count). The second-order valence-corrected chi connectivity index (χ2v) is 20.6. The molecule has 0 spiro atoms. The smallest absolute Gasteiger partial charge is 0.434 e. The fraction of sp³-hybridized carbons (Fsp3) is 0.574. The van der Waals surface area contributed by atoms with Crippen molar-refractivity contribution in [3.8, 4) is 17.2 Å². The van der Waals surface area contributed by atoms with E-state index in [0.29, 0.717) is 73.9 Å². The number of carbonyl (C=O) groups is 4. The van der Waals surface area contributed by atoms with E-state index in [4.69, 9.17) is 18.9 Å². The lowest BCUT2D eigenvalue weighted by Gasteiger charge is -2.38. The number of aryl methyl sites for hydroxylation is 1. The highest BCUT2D eigenvalue weighted by Gasteiger charge is 2.39. The quantitative estimate of drug-likeness (QED) is 0.0351. The molecular weight excluding hydrogens is 1280 g/mol. The first-order valence-electron chi connectivity index (χ1n) is 23.5. The molecule has 0 aliphatic carbocycles. The van der Waals surface area contributed by atoms with Gasteiger partial charge < -0.3 is 60.4 Å². The highest BCUT2D eigenvalue weighted by molar-refractivity contribution is 14.1. The molecule has 3 heterocycles. The maximum absolute atomic E-state index is 12.9. The second-order valence-electron chi connectivity index (χ2n) is 17.1. The van der Waals surface area contributed by atoms with Gasteiger partial charge in [-0.05, 0) is 142 Å². The number of piperidine rings is 1. The van der Waals surface area contributed by atoms with Gasteiger partial charge in [0.1, 0.15) is 35.6 Å². The SMILES string of the molecule is O=C(CCCC(=O)N1CCC(NC(=O)CCc2cc(I)c(Oc3ccc(O)c(I)c3)c(I)c2)CC1)NCCOCCC(=O)NCCCCCCOC[C@H]1OC[C@H](Nc2cncc(C(F)(F)F)n2)[C@@H](O)[C@H]1O. The number of aromatic hydroxyl groups is 1. The Bertz CT molecular complexity index is 2190. The van der Waals surface area contributed by atoms with Crippen molar-refractivity contribution in [2.24, 2.45) is 0 Å². The third-order valence-corrected chi connectivity index (χ3v) is 14.1. The summed E-state index contributed by atoms with van der Waals surface area (Å²) in [4.78, 5) is 58.9. The van der Waals surface area contributed by atoms with E-state index in [0.717, 1.165) is 50.3 Å². The number of phenolic OH excluding ortho intramolecular Hbond substituents is 1. The largest absolute Gasteiger partial charge is 0.507 e. The van der Waals surface area contributed by atoms with Crippen LogP contribution < -0.4 is 26.0 Å². The normalized spacial score (nSPS) is 18.5. The van der Waals surface area contributed by atoms with Gasteiger partial charge in [0.25, 0.3) is 0 Å². The molecular formula is C47H61F3I3N7O11. The number of likely N-dealkylation sites (tertiary alicyclic amines) is 1. The maximum Gasteiger partial charge on any atom is 0.434 e. The first-order chi connectivity index (χ1) is 34.0. The van der Waals surface area contributed by atoms with Crippen LogP contribution in [0, 0.1) is 10.7 Å². The third-order valence-electron chi connectivity index (χ3n) is 11.6. The molecule has 0 radical (unpaired) electrons. The van der Waals surface area contributed by atoms with Gasteiger partial charge in [0, 0.05) is 64.5 Å². The Morgan fingerprint density at radius 2 is 1.51 bits per heavy atom. The highest BCUT2D eigenvalue weighted by Crippen LogP contribution is 2.35. The van der Waals surface area contributed by atoms with Gasteiger partial charge >= 0.3 is 6.18 Å². The number of nitrogens with one attached hydrogen (secondary N) is 4. The number of phenols is 1. The Morgan fingerprint density at radius 3 is 2.24 bits per heavy atom. The molecule has 0 bridgehead atoms. The summed E-state index contributed by atoms with van der Waals surface area (Å²) in [6, 6.07) is 8.19. The molecule has 0 unspecified atom stereocenters. The maximum atomic E-state index is 12.9. The Kier molecular flexibility index (Phi) is 24.8. The van der Waals surface area contributed by atoms with Crippen molar-refractivity contribution >= 4 is 97.2 Å². The summed E-state index contributed by atoms with van der Waals surface area (Å²) in [5, 5.41) is 42.2. The molecule has 2 aromatic carbocycles. The van der Waals surface area contributed by atoms with Crippen LogP contribution in [0.25, 0.3) is 0 Å². The summed E-state index contributed by atoms with van der Waals surface area (Å²) in [5.74, 6) is 0.979. The van der Waals surface area contributed by atoms with E-state index in [1.807, 2.05) is 12.1 Å². The monoisotopic (exact) mass is 1340 g/mol. The predicted octanol–water partition coefficient (Wildman–Crippen LogP) is 5.83. The van der Waals surface area contributed by atoms with Crippen molar-refractivity contribution in [3.63, 3.8) is 0 Å². The number of rotatable bonds is 27. The standard InChI is InChI=1S/C47H61F3I3N7O11/c48-47(49,50)38-25-54-26-39(59-38)58-35-27-70-37(45(67)44(35)66)28-69-19-4-2-1-3-15-55-41(63)14-20-68-21-16-56-40(62)6-5-7-43(65)60-17-12-30(13-18-60)57-42(64)11-8-29-22-33(52)46(34(53)23-29)71-31-9-10-36(61)32(51)24-31/h9-10,22-26,30,35,37,44-45,61,66-67H,1-8,11-21,27-28H2,(H,55,63)(H,56,62)(H,57,64)(H,58,59)/t35-,37+,44+,45-/m0/s1. The lowest BCUT2D eigenvalue weighted by atomic mass is 9.98. The van der Waals surface area contributed by atoms with E-state index in [1.54, 1.807) is 23.1 Å². The molecule has 71 heavy (non-hydrogen) atoms. The van der Waals surface area contributed by atoms with Gasteiger partial charge in [-0.15, -0.1) is 0 Å². The van der Waals surface area contributed by atoms with Crippen LogP contribution in [0.5, 0.6) is 17.2 Å². The van der Waals surface area contributed by atoms with Gasteiger partial charge in [-0.25, -0.2) is 4.98 Å². The van der Waals surface area contributed by atoms with Gasteiger partial charge in [0.2, 0.25) is 23.6 Å². The molecule has 392 valence electrons. The van der Waals surface area contributed by atoms with Crippen LogP contribution in [0.3, 0.4) is 0 Å². The van der Waals surface area contributed by atoms with E-state index in [9.17, 15) is 47.7 Å². The van der Waals surface area contributed by atoms with E-state index in [1.165, 1.54) is 0 Å². The van der Waals surface area contributed by atoms with Gasteiger partial charge in [-0.2, -0.15) is 13.2 Å². The molecule has 3 aromatic rings. The van der Waals surface area contributed by atoms with E-state index >= 15 is 0 Å². The van der Waals surface area contributed by atoms with Crippen molar-refractivity contribution in [1.29, 1.82) is 0 Å². The van der Waals surface area contributed by atoms with Crippen molar-refractivity contribution < 1.29 is 66.6 Å². The van der Waals surface area contributed by atoms with Crippen LogP contribution in [0.2, 0.25) is 0 Å². The molecule has 7 N–H and O–H groups in total. The van der Waals surface area contributed by atoms with Gasteiger partial charge in [0.05, 0.1) is 55.6 Å². The molecule has 1 aromatic heterocycles. The molecule has 2 fully saturated rings. The zero-order valence-corrected chi connectivity index (χ0v) is 45.5. The van der Waals surface area contributed by atoms with E-state index in [-0.39, 0.29) is 93.5 Å². The average molecular weight is 1340 g/mol. The van der Waals surface area contributed by atoms with Gasteiger partial charge in [-0.1, -0.05) is 12.8 Å². The number of carbonyl (C=O) groups excluding carboxylic acids is 4. The first kappa shape index (κ1) is 58.5. The summed E-state index contributed by atoms with van der Waals surface area (Å²) in [6.07, 6.45) is -0.00424. The van der Waals surface area contributed by atoms with Crippen LogP contribution in [-0.4, -0.2) is 143 Å². The van der Waals surface area contributed by atoms with Gasteiger partial charge in [-0.3, -0.25) is 24.2 Å². The Balaban J connectivity index is 0.796. The molecule has 2 saturated heterocycles. The fourth-order valence-electron chi connectivity index (χ4n) is 7.65. The lowest BCUT2D eigenvalue weighted by molar-refractivity contribution is -0.159. The fourth-order valence-corrected chi connectivity index (χ4v) is 10.3. The number of anilines is 1. The average Bonchev–Trinajstić information content (AvgIpc) is 3.33. The zero-order chi connectivity index (χ0) is 51.3. The summed E-state index contributed by atoms with van der Waals surface area (Å²) < 4.78 is 64.2. The van der Waals surface area contributed by atoms with Crippen molar-refractivity contribution in [2.45, 2.75) is 114 Å². The Hall–Kier alpha value is -3.42. The number of ether oxygens (including phenoxy) is 4. The predicted molar refractivity (Wildman–Crippen MR) is 280 cm³/mol. The molecule has 2 aliphatic heterocycles. The summed E-state index contributed by atoms with van der Waals surface area (Å²) in [6.45, 7) is 2.66. The Morgan fingerprint density at radius 1 is 0.789 bits per heavy atom. The third kappa shape index (κ3) is 20.4. The number of unbranched alkanes of at least 4 members (excludes halogenated alkanes) is 3. The van der Waals surface area contributed by atoms with Crippen LogP contribution in [0.4, 0.5) is 19.0 Å². The molecule has 2 aliphatic rings. The van der Waals surface area contributed by atoms with Crippen LogP contribution >= 0.6 is 67.8 Å². The van der Waals surface area contributed by atoms with Crippen LogP contribution in [0.1, 0.15) is 81.9 Å². The molecule has 4 atom stereocenters. The highest BCUT2D eigenvalue weighted by atomic mass is 127. The number of aliphatic hydroxyl groups is 2. The molecule has 18 nitrogen and oxygen atoms in total. The number of hydrogen-bond donors (Lipinski definition) is 7. The lowest BCUT2D eigenvalue weighted by Crippen LogP contribution is -2.57. The topological polar surface area (TPSA) is 243 Å².